The number of aromatic nitrogens is 2. The molecule has 0 amide bonds. The number of nitro groups is 1. The van der Waals surface area contributed by atoms with E-state index in [1.165, 1.54) is 55.4 Å². The van der Waals surface area contributed by atoms with Crippen molar-refractivity contribution in [3.63, 3.8) is 0 Å². The molecule has 2 aromatic carbocycles. The number of anilines is 2. The summed E-state index contributed by atoms with van der Waals surface area (Å²) in [6.07, 6.45) is 5.15. The number of hydrogen-bond acceptors (Lipinski definition) is 6. The van der Waals surface area contributed by atoms with Crippen LogP contribution in [0.4, 0.5) is 17.1 Å². The van der Waals surface area contributed by atoms with Crippen LogP contribution in [0.5, 0.6) is 0 Å². The summed E-state index contributed by atoms with van der Waals surface area (Å²) in [6, 6.07) is 13.8. The Kier molecular flexibility index (Phi) is 6.18. The number of para-hydroxylation sites is 1. The lowest BCUT2D eigenvalue weighted by Crippen LogP contribution is -2.30. The Hall–Kier alpha value is -3.39. The zero-order valence-electron chi connectivity index (χ0n) is 16.8. The topological polar surface area (TPSA) is 93.3 Å². The number of rotatable bonds is 6. The zero-order valence-corrected chi connectivity index (χ0v) is 17.6. The summed E-state index contributed by atoms with van der Waals surface area (Å²) in [5.41, 5.74) is 2.61. The van der Waals surface area contributed by atoms with Gasteiger partial charge in [-0.1, -0.05) is 29.8 Å². The fourth-order valence-electron chi connectivity index (χ4n) is 3.75. The Balaban J connectivity index is 1.54. The predicted molar refractivity (Wildman–Crippen MR) is 121 cm³/mol. The molecule has 1 aromatic heterocycles. The average Bonchev–Trinajstić information content (AvgIpc) is 2.81. The summed E-state index contributed by atoms with van der Waals surface area (Å²) in [5, 5.41) is 18.2. The standard InChI is InChI=1S/C22H22ClN5O3/c23-21-19(15-25-27(22(21)29)17-8-10-18(11-9-17)28(30)31)24-14-16-6-2-3-7-20(16)26-12-4-1-5-13-26/h2-3,6-11,15,24H,1,4-5,12-14H2. The van der Waals surface area contributed by atoms with Crippen molar-refractivity contribution in [3.8, 4) is 5.69 Å². The molecule has 0 spiro atoms. The molecule has 3 aromatic rings. The molecule has 0 atom stereocenters. The number of non-ortho nitro benzene ring substituents is 1. The summed E-state index contributed by atoms with van der Waals surface area (Å²) in [5.74, 6) is 0. The normalized spacial score (nSPS) is 13.8. The van der Waals surface area contributed by atoms with Crippen molar-refractivity contribution in [2.24, 2.45) is 0 Å². The van der Waals surface area contributed by atoms with Gasteiger partial charge in [0.15, 0.2) is 0 Å². The molecule has 8 nitrogen and oxygen atoms in total. The van der Waals surface area contributed by atoms with Gasteiger partial charge in [-0.2, -0.15) is 9.78 Å². The van der Waals surface area contributed by atoms with Crippen LogP contribution in [0, 0.1) is 10.1 Å². The van der Waals surface area contributed by atoms with Crippen LogP contribution in [0.2, 0.25) is 5.02 Å². The zero-order chi connectivity index (χ0) is 21.8. The second-order valence-corrected chi connectivity index (χ2v) is 7.77. The molecule has 9 heteroatoms. The van der Waals surface area contributed by atoms with E-state index in [0.717, 1.165) is 23.3 Å². The minimum absolute atomic E-state index is 0.0174. The van der Waals surface area contributed by atoms with Crippen LogP contribution in [0.15, 0.2) is 59.5 Å². The molecule has 31 heavy (non-hydrogen) atoms. The number of piperidine rings is 1. The van der Waals surface area contributed by atoms with Gasteiger partial charge in [0.1, 0.15) is 5.02 Å². The Labute approximate surface area is 184 Å². The highest BCUT2D eigenvalue weighted by molar-refractivity contribution is 6.32. The summed E-state index contributed by atoms with van der Waals surface area (Å²) in [6.45, 7) is 2.60. The molecule has 1 saturated heterocycles. The van der Waals surface area contributed by atoms with Crippen molar-refractivity contribution in [2.75, 3.05) is 23.3 Å². The fraction of sp³-hybridized carbons (Fsp3) is 0.273. The second kappa shape index (κ2) is 9.18. The molecule has 0 radical (unpaired) electrons. The van der Waals surface area contributed by atoms with Crippen LogP contribution in [0.1, 0.15) is 24.8 Å². The van der Waals surface area contributed by atoms with E-state index in [-0.39, 0.29) is 10.7 Å². The fourth-order valence-corrected chi connectivity index (χ4v) is 3.95. The van der Waals surface area contributed by atoms with Gasteiger partial charge in [0.05, 0.1) is 22.5 Å². The Bertz CT molecular complexity index is 1140. The first-order valence-electron chi connectivity index (χ1n) is 10.1. The molecule has 0 unspecified atom stereocenters. The molecule has 1 fully saturated rings. The van der Waals surface area contributed by atoms with Crippen molar-refractivity contribution in [2.45, 2.75) is 25.8 Å². The lowest BCUT2D eigenvalue weighted by molar-refractivity contribution is -0.384. The molecule has 2 heterocycles. The predicted octanol–water partition coefficient (Wildman–Crippen LogP) is 4.40. The number of nitrogens with zero attached hydrogens (tertiary/aromatic N) is 4. The third-order valence-electron chi connectivity index (χ3n) is 5.38. The Morgan fingerprint density at radius 2 is 1.77 bits per heavy atom. The number of benzene rings is 2. The van der Waals surface area contributed by atoms with Crippen molar-refractivity contribution in [1.29, 1.82) is 0 Å². The number of halogens is 1. The monoisotopic (exact) mass is 439 g/mol. The van der Waals surface area contributed by atoms with E-state index in [2.05, 4.69) is 27.4 Å². The maximum Gasteiger partial charge on any atom is 0.292 e. The molecule has 1 aliphatic rings. The molecule has 4 rings (SSSR count). The first-order valence-corrected chi connectivity index (χ1v) is 10.5. The Morgan fingerprint density at radius 1 is 1.06 bits per heavy atom. The van der Waals surface area contributed by atoms with Gasteiger partial charge in [-0.25, -0.2) is 0 Å². The van der Waals surface area contributed by atoms with Gasteiger partial charge in [0, 0.05) is 37.5 Å². The lowest BCUT2D eigenvalue weighted by atomic mass is 10.1. The molecular formula is C22H22ClN5O3. The second-order valence-electron chi connectivity index (χ2n) is 7.39. The largest absolute Gasteiger partial charge is 0.378 e. The SMILES string of the molecule is O=c1c(Cl)c(NCc2ccccc2N2CCCCC2)cnn1-c1ccc([N+](=O)[O-])cc1. The van der Waals surface area contributed by atoms with Gasteiger partial charge in [-0.05, 0) is 43.0 Å². The van der Waals surface area contributed by atoms with Crippen molar-refractivity contribution < 1.29 is 4.92 Å². The lowest BCUT2D eigenvalue weighted by Gasteiger charge is -2.30. The van der Waals surface area contributed by atoms with Crippen molar-refractivity contribution in [3.05, 3.63) is 85.8 Å². The first kappa shape index (κ1) is 20.9. The first-order chi connectivity index (χ1) is 15.0. The van der Waals surface area contributed by atoms with E-state index in [9.17, 15) is 14.9 Å². The molecule has 1 N–H and O–H groups in total. The van der Waals surface area contributed by atoms with Crippen LogP contribution in [0.3, 0.4) is 0 Å². The van der Waals surface area contributed by atoms with Crippen LogP contribution in [-0.2, 0) is 6.54 Å². The Morgan fingerprint density at radius 3 is 2.48 bits per heavy atom. The van der Waals surface area contributed by atoms with Gasteiger partial charge in [-0.3, -0.25) is 14.9 Å². The molecule has 1 aliphatic heterocycles. The van der Waals surface area contributed by atoms with E-state index in [0.29, 0.717) is 17.9 Å². The smallest absolute Gasteiger partial charge is 0.292 e. The summed E-state index contributed by atoms with van der Waals surface area (Å²) in [4.78, 5) is 25.4. The highest BCUT2D eigenvalue weighted by Gasteiger charge is 2.16. The average molecular weight is 440 g/mol. The van der Waals surface area contributed by atoms with E-state index in [1.807, 2.05) is 12.1 Å². The molecule has 0 saturated carbocycles. The van der Waals surface area contributed by atoms with Gasteiger partial charge >= 0.3 is 0 Å². The van der Waals surface area contributed by atoms with E-state index < -0.39 is 10.5 Å². The summed E-state index contributed by atoms with van der Waals surface area (Å²) < 4.78 is 1.12. The van der Waals surface area contributed by atoms with Gasteiger partial charge < -0.3 is 10.2 Å². The number of nitro benzene ring substituents is 1. The van der Waals surface area contributed by atoms with Crippen LogP contribution < -0.4 is 15.8 Å². The van der Waals surface area contributed by atoms with Crippen LogP contribution in [0.25, 0.3) is 5.69 Å². The van der Waals surface area contributed by atoms with E-state index in [1.54, 1.807) is 0 Å². The molecule has 0 aliphatic carbocycles. The molecule has 160 valence electrons. The maximum atomic E-state index is 12.7. The van der Waals surface area contributed by atoms with E-state index >= 15 is 0 Å². The van der Waals surface area contributed by atoms with Crippen LogP contribution >= 0.6 is 11.6 Å². The molecule has 0 bridgehead atoms. The van der Waals surface area contributed by atoms with Crippen LogP contribution in [-0.4, -0.2) is 27.8 Å². The highest BCUT2D eigenvalue weighted by atomic mass is 35.5. The summed E-state index contributed by atoms with van der Waals surface area (Å²) in [7, 11) is 0. The number of nitrogens with one attached hydrogen (secondary N) is 1. The third kappa shape index (κ3) is 4.54. The van der Waals surface area contributed by atoms with Gasteiger partial charge in [-0.15, -0.1) is 0 Å². The molecular weight excluding hydrogens is 418 g/mol. The van der Waals surface area contributed by atoms with Gasteiger partial charge in [0.2, 0.25) is 0 Å². The van der Waals surface area contributed by atoms with Crippen molar-refractivity contribution >= 4 is 28.7 Å². The maximum absolute atomic E-state index is 12.7. The minimum Gasteiger partial charge on any atom is -0.378 e. The van der Waals surface area contributed by atoms with Gasteiger partial charge in [0.25, 0.3) is 11.2 Å². The summed E-state index contributed by atoms with van der Waals surface area (Å²) >= 11 is 6.33. The number of hydrogen-bond donors (Lipinski definition) is 1. The third-order valence-corrected chi connectivity index (χ3v) is 5.75. The van der Waals surface area contributed by atoms with E-state index in [4.69, 9.17) is 11.6 Å². The highest BCUT2D eigenvalue weighted by Crippen LogP contribution is 2.26. The quantitative estimate of drug-likeness (QED) is 0.452. The minimum atomic E-state index is -0.498. The van der Waals surface area contributed by atoms with Crippen molar-refractivity contribution in [1.82, 2.24) is 9.78 Å².